The monoisotopic (exact) mass is 274 g/mol. The average molecular weight is 274 g/mol. The van der Waals surface area contributed by atoms with Crippen LogP contribution in [0.15, 0.2) is 24.5 Å². The highest BCUT2D eigenvalue weighted by atomic mass is 15.3. The van der Waals surface area contributed by atoms with Gasteiger partial charge < -0.3 is 4.90 Å². The van der Waals surface area contributed by atoms with Crippen LogP contribution in [0.1, 0.15) is 24.4 Å². The smallest absolute Gasteiger partial charge is 0.0364 e. The normalized spacial score (nSPS) is 26.1. The van der Waals surface area contributed by atoms with E-state index in [0.717, 1.165) is 0 Å². The molecule has 2 aliphatic rings. The van der Waals surface area contributed by atoms with Crippen LogP contribution in [0.4, 0.5) is 0 Å². The van der Waals surface area contributed by atoms with E-state index in [1.807, 2.05) is 12.4 Å². The second-order valence-corrected chi connectivity index (χ2v) is 6.13. The summed E-state index contributed by atoms with van der Waals surface area (Å²) in [4.78, 5) is 12.0. The van der Waals surface area contributed by atoms with E-state index < -0.39 is 0 Å². The Morgan fingerprint density at radius 3 is 2.75 bits per heavy atom. The fourth-order valence-electron chi connectivity index (χ4n) is 3.39. The molecule has 0 N–H and O–H groups in total. The Labute approximate surface area is 122 Å². The highest BCUT2D eigenvalue weighted by Gasteiger charge is 2.26. The molecule has 0 aliphatic carbocycles. The number of rotatable bonds is 4. The zero-order chi connectivity index (χ0) is 13.8. The van der Waals surface area contributed by atoms with E-state index in [9.17, 15) is 0 Å². The van der Waals surface area contributed by atoms with E-state index in [1.54, 1.807) is 0 Å². The molecule has 2 saturated heterocycles. The van der Waals surface area contributed by atoms with Crippen molar-refractivity contribution >= 4 is 0 Å². The van der Waals surface area contributed by atoms with Gasteiger partial charge in [0.2, 0.25) is 0 Å². The summed E-state index contributed by atoms with van der Waals surface area (Å²) in [5, 5.41) is 0. The lowest BCUT2D eigenvalue weighted by atomic mass is 10.1. The molecule has 3 rings (SSSR count). The lowest BCUT2D eigenvalue weighted by Gasteiger charge is -2.34. The summed E-state index contributed by atoms with van der Waals surface area (Å²) in [6.07, 6.45) is 6.52. The molecular formula is C16H26N4. The van der Waals surface area contributed by atoms with E-state index in [-0.39, 0.29) is 0 Å². The third-order valence-electron chi connectivity index (χ3n) is 4.73. The Balaban J connectivity index is 1.52. The molecular weight excluding hydrogens is 248 g/mol. The van der Waals surface area contributed by atoms with Crippen LogP contribution in [-0.4, -0.2) is 72.5 Å². The molecule has 1 atom stereocenters. The topological polar surface area (TPSA) is 22.6 Å². The summed E-state index contributed by atoms with van der Waals surface area (Å²) in [6, 6.07) is 4.88. The van der Waals surface area contributed by atoms with Crippen molar-refractivity contribution < 1.29 is 0 Å². The Morgan fingerprint density at radius 1 is 1.15 bits per heavy atom. The van der Waals surface area contributed by atoms with Gasteiger partial charge in [-0.05, 0) is 38.1 Å². The number of likely N-dealkylation sites (tertiary alicyclic amines) is 1. The van der Waals surface area contributed by atoms with E-state index >= 15 is 0 Å². The molecule has 1 aromatic heterocycles. The first-order valence-electron chi connectivity index (χ1n) is 7.88. The number of hydrogen-bond donors (Lipinski definition) is 0. The molecule has 4 heteroatoms. The standard InChI is InChI=1S/C16H26N4/c1-18-8-10-19(11-9-18)12-13-20-7-3-5-16(20)15-4-2-6-17-14-15/h2,4,6,14,16H,3,5,7-13H2,1H3. The van der Waals surface area contributed by atoms with Crippen molar-refractivity contribution in [2.24, 2.45) is 0 Å². The number of nitrogens with zero attached hydrogens (tertiary/aromatic N) is 4. The predicted octanol–water partition coefficient (Wildman–Crippen LogP) is 1.47. The lowest BCUT2D eigenvalue weighted by molar-refractivity contribution is 0.131. The van der Waals surface area contributed by atoms with Crippen LogP contribution in [0.3, 0.4) is 0 Å². The molecule has 3 heterocycles. The Morgan fingerprint density at radius 2 is 2.00 bits per heavy atom. The third kappa shape index (κ3) is 3.37. The number of pyridine rings is 1. The maximum atomic E-state index is 4.28. The van der Waals surface area contributed by atoms with Crippen molar-refractivity contribution in [3.8, 4) is 0 Å². The Hall–Kier alpha value is -0.970. The van der Waals surface area contributed by atoms with Gasteiger partial charge in [-0.25, -0.2) is 0 Å². The highest BCUT2D eigenvalue weighted by Crippen LogP contribution is 2.30. The van der Waals surface area contributed by atoms with Crippen LogP contribution in [0.2, 0.25) is 0 Å². The lowest BCUT2D eigenvalue weighted by Crippen LogP contribution is -2.46. The van der Waals surface area contributed by atoms with Gasteiger partial charge in [0.15, 0.2) is 0 Å². The molecule has 2 aliphatic heterocycles. The van der Waals surface area contributed by atoms with E-state index in [2.05, 4.69) is 38.9 Å². The van der Waals surface area contributed by atoms with Gasteiger partial charge in [-0.2, -0.15) is 0 Å². The number of hydrogen-bond acceptors (Lipinski definition) is 4. The van der Waals surface area contributed by atoms with Crippen molar-refractivity contribution in [1.29, 1.82) is 0 Å². The highest BCUT2D eigenvalue weighted by molar-refractivity contribution is 5.15. The SMILES string of the molecule is CN1CCN(CCN2CCCC2c2cccnc2)CC1. The molecule has 2 fully saturated rings. The molecule has 0 radical (unpaired) electrons. The summed E-state index contributed by atoms with van der Waals surface area (Å²) in [5.74, 6) is 0. The first-order valence-corrected chi connectivity index (χ1v) is 7.88. The van der Waals surface area contributed by atoms with Crippen LogP contribution in [0.5, 0.6) is 0 Å². The molecule has 0 bridgehead atoms. The van der Waals surface area contributed by atoms with Crippen molar-refractivity contribution in [3.05, 3.63) is 30.1 Å². The van der Waals surface area contributed by atoms with Gasteiger partial charge in [-0.15, -0.1) is 0 Å². The van der Waals surface area contributed by atoms with Gasteiger partial charge in [0, 0.05) is 57.7 Å². The maximum absolute atomic E-state index is 4.28. The van der Waals surface area contributed by atoms with E-state index in [0.29, 0.717) is 6.04 Å². The molecule has 0 aromatic carbocycles. The molecule has 20 heavy (non-hydrogen) atoms. The molecule has 0 spiro atoms. The first-order chi connectivity index (χ1) is 9.83. The van der Waals surface area contributed by atoms with Crippen molar-refractivity contribution in [2.45, 2.75) is 18.9 Å². The summed E-state index contributed by atoms with van der Waals surface area (Å²) in [7, 11) is 2.22. The van der Waals surface area contributed by atoms with Gasteiger partial charge >= 0.3 is 0 Å². The average Bonchev–Trinajstić information content (AvgIpc) is 2.96. The van der Waals surface area contributed by atoms with Gasteiger partial charge in [-0.1, -0.05) is 6.07 Å². The van der Waals surface area contributed by atoms with Gasteiger partial charge in [-0.3, -0.25) is 14.8 Å². The number of piperazine rings is 1. The molecule has 0 saturated carbocycles. The maximum Gasteiger partial charge on any atom is 0.0364 e. The van der Waals surface area contributed by atoms with E-state index in [1.165, 1.54) is 64.2 Å². The fraction of sp³-hybridized carbons (Fsp3) is 0.688. The molecule has 1 aromatic rings. The molecule has 0 amide bonds. The minimum atomic E-state index is 0.594. The van der Waals surface area contributed by atoms with Crippen molar-refractivity contribution in [2.75, 3.05) is 52.9 Å². The summed E-state index contributed by atoms with van der Waals surface area (Å²) < 4.78 is 0. The zero-order valence-corrected chi connectivity index (χ0v) is 12.5. The summed E-state index contributed by atoms with van der Waals surface area (Å²) in [6.45, 7) is 8.53. The quantitative estimate of drug-likeness (QED) is 0.829. The first kappa shape index (κ1) is 14.0. The van der Waals surface area contributed by atoms with Gasteiger partial charge in [0.1, 0.15) is 0 Å². The van der Waals surface area contributed by atoms with Crippen LogP contribution in [0.25, 0.3) is 0 Å². The Bertz CT molecular complexity index is 400. The molecule has 4 nitrogen and oxygen atoms in total. The largest absolute Gasteiger partial charge is 0.304 e. The molecule has 1 unspecified atom stereocenters. The van der Waals surface area contributed by atoms with E-state index in [4.69, 9.17) is 0 Å². The number of likely N-dealkylation sites (N-methyl/N-ethyl adjacent to an activating group) is 1. The summed E-state index contributed by atoms with van der Waals surface area (Å²) >= 11 is 0. The van der Waals surface area contributed by atoms with Crippen LogP contribution in [0, 0.1) is 0 Å². The van der Waals surface area contributed by atoms with Crippen LogP contribution >= 0.6 is 0 Å². The summed E-state index contributed by atoms with van der Waals surface area (Å²) in [5.41, 5.74) is 1.39. The van der Waals surface area contributed by atoms with Crippen molar-refractivity contribution in [1.82, 2.24) is 19.7 Å². The van der Waals surface area contributed by atoms with Crippen LogP contribution in [-0.2, 0) is 0 Å². The second-order valence-electron chi connectivity index (χ2n) is 6.13. The van der Waals surface area contributed by atoms with Gasteiger partial charge in [0.05, 0.1) is 0 Å². The molecule has 110 valence electrons. The van der Waals surface area contributed by atoms with Crippen LogP contribution < -0.4 is 0 Å². The van der Waals surface area contributed by atoms with Crippen molar-refractivity contribution in [3.63, 3.8) is 0 Å². The third-order valence-corrected chi connectivity index (χ3v) is 4.73. The second kappa shape index (κ2) is 6.66. The minimum absolute atomic E-state index is 0.594. The minimum Gasteiger partial charge on any atom is -0.304 e. The zero-order valence-electron chi connectivity index (χ0n) is 12.5. The number of aromatic nitrogens is 1. The fourth-order valence-corrected chi connectivity index (χ4v) is 3.39. The Kier molecular flexibility index (Phi) is 4.65. The van der Waals surface area contributed by atoms with Gasteiger partial charge in [0.25, 0.3) is 0 Å². The predicted molar refractivity (Wildman–Crippen MR) is 81.7 cm³/mol.